The molecule has 3 aromatic heterocycles. The van der Waals surface area contributed by atoms with Crippen LogP contribution in [0.25, 0.3) is 66.4 Å². The lowest BCUT2D eigenvalue weighted by Gasteiger charge is -2.27. The maximum Gasteiger partial charge on any atom is 0.234 e. The van der Waals surface area contributed by atoms with E-state index in [-0.39, 0.29) is 0 Å². The highest BCUT2D eigenvalue weighted by Gasteiger charge is 2.25. The first kappa shape index (κ1) is 29.9. The first-order chi connectivity index (χ1) is 25.7. The molecule has 0 aliphatic carbocycles. The van der Waals surface area contributed by atoms with Crippen molar-refractivity contribution in [2.24, 2.45) is 0 Å². The lowest BCUT2D eigenvalue weighted by molar-refractivity contribution is 0.988. The molecule has 0 amide bonds. The molecule has 0 atom stereocenters. The largest absolute Gasteiger partial charge is 0.309 e. The van der Waals surface area contributed by atoms with Crippen molar-refractivity contribution in [3.63, 3.8) is 0 Å². The summed E-state index contributed by atoms with van der Waals surface area (Å²) in [5.74, 6) is 0.649. The Morgan fingerprint density at radius 1 is 0.423 bits per heavy atom. The molecule has 0 bridgehead atoms. The Balaban J connectivity index is 1.26. The summed E-state index contributed by atoms with van der Waals surface area (Å²) in [5, 5.41) is 4.68. The summed E-state index contributed by atoms with van der Waals surface area (Å²) in [6, 6.07) is 60.8. The summed E-state index contributed by atoms with van der Waals surface area (Å²) in [4.78, 5) is 11.8. The molecule has 10 aromatic rings. The van der Waals surface area contributed by atoms with E-state index in [0.29, 0.717) is 5.95 Å². The van der Waals surface area contributed by atoms with E-state index in [1.165, 1.54) is 27.5 Å². The fraction of sp³-hybridized carbons (Fsp3) is 0.0213. The summed E-state index contributed by atoms with van der Waals surface area (Å²) in [7, 11) is 0. The van der Waals surface area contributed by atoms with Gasteiger partial charge in [0.2, 0.25) is 5.95 Å². The van der Waals surface area contributed by atoms with Crippen molar-refractivity contribution in [1.82, 2.24) is 19.1 Å². The number of rotatable bonds is 6. The van der Waals surface area contributed by atoms with Crippen molar-refractivity contribution in [2.75, 3.05) is 4.90 Å². The van der Waals surface area contributed by atoms with Gasteiger partial charge in [0, 0.05) is 45.3 Å². The van der Waals surface area contributed by atoms with Gasteiger partial charge in [0.05, 0.1) is 33.4 Å². The minimum absolute atomic E-state index is 0.649. The van der Waals surface area contributed by atoms with Crippen LogP contribution in [0.5, 0.6) is 0 Å². The van der Waals surface area contributed by atoms with E-state index in [9.17, 15) is 0 Å². The number of hydrogen-bond donors (Lipinski definition) is 0. The first-order valence-electron chi connectivity index (χ1n) is 17.6. The molecule has 0 spiro atoms. The van der Waals surface area contributed by atoms with Gasteiger partial charge in [-0.25, -0.2) is 9.97 Å². The van der Waals surface area contributed by atoms with Crippen LogP contribution >= 0.6 is 0 Å². The summed E-state index contributed by atoms with van der Waals surface area (Å²) in [5.41, 5.74) is 12.5. The van der Waals surface area contributed by atoms with Crippen LogP contribution in [-0.2, 0) is 0 Å². The molecular weight excluding hydrogens is 635 g/mol. The fourth-order valence-corrected chi connectivity index (χ4v) is 7.81. The van der Waals surface area contributed by atoms with Gasteiger partial charge in [0.25, 0.3) is 0 Å². The SMILES string of the molecule is Cc1ccc(N(c2cccc3c2c2ccccc2n3-c2ccc(-c3ccccc3)cc2)c2cccc3c2c2ccccc2n3-c2ncccn2)cc1. The molecule has 5 nitrogen and oxygen atoms in total. The molecule has 0 unspecified atom stereocenters. The number of aromatic nitrogens is 4. The first-order valence-corrected chi connectivity index (χ1v) is 17.6. The number of nitrogens with zero attached hydrogens (tertiary/aromatic N) is 5. The molecule has 10 rings (SSSR count). The predicted octanol–water partition coefficient (Wildman–Crippen LogP) is 12.1. The molecule has 3 heterocycles. The van der Waals surface area contributed by atoms with Gasteiger partial charge in [-0.2, -0.15) is 0 Å². The topological polar surface area (TPSA) is 38.9 Å². The fourth-order valence-electron chi connectivity index (χ4n) is 7.81. The predicted molar refractivity (Wildman–Crippen MR) is 216 cm³/mol. The van der Waals surface area contributed by atoms with Crippen molar-refractivity contribution in [2.45, 2.75) is 6.92 Å². The van der Waals surface area contributed by atoms with E-state index in [0.717, 1.165) is 55.6 Å². The Kier molecular flexibility index (Phi) is 6.96. The Bertz CT molecular complexity index is 2890. The highest BCUT2D eigenvalue weighted by molar-refractivity contribution is 6.20. The maximum absolute atomic E-state index is 4.69. The van der Waals surface area contributed by atoms with Gasteiger partial charge in [0.1, 0.15) is 0 Å². The molecule has 0 aliphatic rings. The summed E-state index contributed by atoms with van der Waals surface area (Å²) >= 11 is 0. The third-order valence-electron chi connectivity index (χ3n) is 10.1. The number of aryl methyl sites for hydroxylation is 1. The zero-order chi connectivity index (χ0) is 34.6. The Hall–Kier alpha value is -6.98. The van der Waals surface area contributed by atoms with Crippen LogP contribution in [0.3, 0.4) is 0 Å². The molecule has 0 N–H and O–H groups in total. The highest BCUT2D eigenvalue weighted by atomic mass is 15.2. The van der Waals surface area contributed by atoms with Gasteiger partial charge in [-0.05, 0) is 84.8 Å². The van der Waals surface area contributed by atoms with Gasteiger partial charge < -0.3 is 9.47 Å². The molecule has 7 aromatic carbocycles. The van der Waals surface area contributed by atoms with Gasteiger partial charge >= 0.3 is 0 Å². The minimum Gasteiger partial charge on any atom is -0.309 e. The summed E-state index contributed by atoms with van der Waals surface area (Å²) in [6.45, 7) is 2.14. The van der Waals surface area contributed by atoms with Crippen LogP contribution in [0.2, 0.25) is 0 Å². The van der Waals surface area contributed by atoms with Crippen molar-refractivity contribution in [3.05, 3.63) is 188 Å². The number of benzene rings is 7. The second-order valence-corrected chi connectivity index (χ2v) is 13.2. The maximum atomic E-state index is 4.69. The van der Waals surface area contributed by atoms with Crippen LogP contribution in [0, 0.1) is 6.92 Å². The van der Waals surface area contributed by atoms with Crippen LogP contribution in [0.4, 0.5) is 17.1 Å². The number of fused-ring (bicyclic) bond motifs is 6. The van der Waals surface area contributed by atoms with E-state index in [4.69, 9.17) is 0 Å². The lowest BCUT2D eigenvalue weighted by Crippen LogP contribution is -2.11. The van der Waals surface area contributed by atoms with Crippen LogP contribution in [-0.4, -0.2) is 19.1 Å². The van der Waals surface area contributed by atoms with Crippen molar-refractivity contribution in [1.29, 1.82) is 0 Å². The van der Waals surface area contributed by atoms with E-state index < -0.39 is 0 Å². The molecule has 0 saturated heterocycles. The molecule has 0 saturated carbocycles. The third-order valence-corrected chi connectivity index (χ3v) is 10.1. The quantitative estimate of drug-likeness (QED) is 0.177. The lowest BCUT2D eigenvalue weighted by atomic mass is 10.0. The number of hydrogen-bond acceptors (Lipinski definition) is 3. The Morgan fingerprint density at radius 3 is 1.58 bits per heavy atom. The molecule has 246 valence electrons. The molecule has 0 aliphatic heterocycles. The van der Waals surface area contributed by atoms with Crippen LogP contribution in [0.15, 0.2) is 182 Å². The summed E-state index contributed by atoms with van der Waals surface area (Å²) in [6.07, 6.45) is 3.61. The zero-order valence-corrected chi connectivity index (χ0v) is 28.6. The van der Waals surface area contributed by atoms with Gasteiger partial charge in [-0.15, -0.1) is 0 Å². The van der Waals surface area contributed by atoms with Crippen molar-refractivity contribution < 1.29 is 0 Å². The highest BCUT2D eigenvalue weighted by Crippen LogP contribution is 2.47. The van der Waals surface area contributed by atoms with Crippen LogP contribution in [0.1, 0.15) is 5.56 Å². The van der Waals surface area contributed by atoms with Crippen molar-refractivity contribution >= 4 is 60.7 Å². The Labute approximate surface area is 301 Å². The average molecular weight is 668 g/mol. The van der Waals surface area contributed by atoms with Gasteiger partial charge in [-0.1, -0.05) is 109 Å². The standard InChI is InChI=1S/C47H33N5/c1-32-22-26-35(27-23-32)51(43-20-10-21-44-46(43)38-15-6-8-17-40(38)52(44)47-48-30-11-31-49-47)42-19-9-18-41-45(42)37-14-5-7-16-39(37)50(41)36-28-24-34(25-29-36)33-12-3-2-4-13-33/h2-31H,1H3. The molecule has 52 heavy (non-hydrogen) atoms. The number of para-hydroxylation sites is 2. The number of anilines is 3. The van der Waals surface area contributed by atoms with Crippen LogP contribution < -0.4 is 4.90 Å². The monoisotopic (exact) mass is 667 g/mol. The van der Waals surface area contributed by atoms with E-state index >= 15 is 0 Å². The van der Waals surface area contributed by atoms with E-state index in [2.05, 4.69) is 195 Å². The van der Waals surface area contributed by atoms with Gasteiger partial charge in [0.15, 0.2) is 0 Å². The van der Waals surface area contributed by atoms with E-state index in [1.54, 1.807) is 12.4 Å². The second-order valence-electron chi connectivity index (χ2n) is 13.2. The molecular formula is C47H33N5. The van der Waals surface area contributed by atoms with Crippen molar-refractivity contribution in [3.8, 4) is 22.8 Å². The summed E-state index contributed by atoms with van der Waals surface area (Å²) < 4.78 is 4.57. The minimum atomic E-state index is 0.649. The second kappa shape index (κ2) is 12.1. The Morgan fingerprint density at radius 2 is 0.942 bits per heavy atom. The average Bonchev–Trinajstić information content (AvgIpc) is 3.73. The normalized spacial score (nSPS) is 11.6. The third kappa shape index (κ3) is 4.71. The zero-order valence-electron chi connectivity index (χ0n) is 28.6. The van der Waals surface area contributed by atoms with E-state index in [1.807, 2.05) is 6.07 Å². The van der Waals surface area contributed by atoms with Gasteiger partial charge in [-0.3, -0.25) is 4.57 Å². The molecule has 5 heteroatoms. The molecule has 0 fully saturated rings. The smallest absolute Gasteiger partial charge is 0.234 e. The molecule has 0 radical (unpaired) electrons.